The van der Waals surface area contributed by atoms with Gasteiger partial charge in [-0.25, -0.2) is 0 Å². The zero-order chi connectivity index (χ0) is 10.7. The molecule has 2 N–H and O–H groups in total. The summed E-state index contributed by atoms with van der Waals surface area (Å²) in [7, 11) is 0. The number of aryl methyl sites for hydroxylation is 1. The van der Waals surface area contributed by atoms with Crippen molar-refractivity contribution in [1.29, 1.82) is 0 Å². The van der Waals surface area contributed by atoms with Gasteiger partial charge in [0.05, 0.1) is 0 Å². The Kier molecular flexibility index (Phi) is 6.18. The van der Waals surface area contributed by atoms with Crippen molar-refractivity contribution in [3.05, 3.63) is 46.0 Å². The Morgan fingerprint density at radius 3 is 2.60 bits per heavy atom. The van der Waals surface area contributed by atoms with Crippen LogP contribution < -0.4 is 5.73 Å². The van der Waals surface area contributed by atoms with E-state index < -0.39 is 0 Å². The van der Waals surface area contributed by atoms with E-state index in [1.807, 2.05) is 6.92 Å². The third kappa shape index (κ3) is 4.37. The van der Waals surface area contributed by atoms with Crippen LogP contribution in [0.4, 0.5) is 0 Å². The fourth-order valence-corrected chi connectivity index (χ4v) is 1.73. The molecule has 0 aliphatic heterocycles. The predicted molar refractivity (Wildman–Crippen MR) is 72.5 cm³/mol. The highest BCUT2D eigenvalue weighted by atomic mass is 79.9. The van der Waals surface area contributed by atoms with Crippen LogP contribution in [0.25, 0.3) is 0 Å². The lowest BCUT2D eigenvalue weighted by atomic mass is 10.0. The van der Waals surface area contributed by atoms with Crippen LogP contribution in [-0.4, -0.2) is 0 Å². The molecule has 1 nitrogen and oxygen atoms in total. The van der Waals surface area contributed by atoms with Crippen molar-refractivity contribution in [3.8, 4) is 0 Å². The summed E-state index contributed by atoms with van der Waals surface area (Å²) >= 11 is 3.50. The lowest BCUT2D eigenvalue weighted by Crippen LogP contribution is -2.10. The molecule has 0 fully saturated rings. The van der Waals surface area contributed by atoms with Crippen LogP contribution >= 0.6 is 28.3 Å². The first kappa shape index (κ1) is 14.7. The molecule has 1 aromatic rings. The Balaban J connectivity index is 0.00000196. The van der Waals surface area contributed by atoms with E-state index >= 15 is 0 Å². The SMILES string of the molecule is C=C(C)C[C@H](N)c1ccc(C)c(Br)c1.Cl. The molecular weight excluding hydrogens is 273 g/mol. The Hall–Kier alpha value is -0.310. The maximum absolute atomic E-state index is 6.03. The van der Waals surface area contributed by atoms with Gasteiger partial charge in [-0.3, -0.25) is 0 Å². The molecule has 84 valence electrons. The molecule has 0 aliphatic rings. The van der Waals surface area contributed by atoms with E-state index in [2.05, 4.69) is 47.6 Å². The number of nitrogens with two attached hydrogens (primary N) is 1. The van der Waals surface area contributed by atoms with E-state index in [1.165, 1.54) is 5.56 Å². The average Bonchev–Trinajstić information content (AvgIpc) is 2.08. The minimum absolute atomic E-state index is 0. The van der Waals surface area contributed by atoms with Gasteiger partial charge in [0, 0.05) is 10.5 Å². The van der Waals surface area contributed by atoms with Gasteiger partial charge in [-0.2, -0.15) is 0 Å². The van der Waals surface area contributed by atoms with Crippen molar-refractivity contribution >= 4 is 28.3 Å². The van der Waals surface area contributed by atoms with E-state index in [-0.39, 0.29) is 18.4 Å². The zero-order valence-electron chi connectivity index (χ0n) is 9.09. The quantitative estimate of drug-likeness (QED) is 0.832. The maximum Gasteiger partial charge on any atom is 0.0332 e. The first-order valence-electron chi connectivity index (χ1n) is 4.66. The fraction of sp³-hybridized carbons (Fsp3) is 0.333. The Bertz CT molecular complexity index is 349. The summed E-state index contributed by atoms with van der Waals surface area (Å²) in [5.41, 5.74) is 9.54. The fourth-order valence-electron chi connectivity index (χ4n) is 1.33. The van der Waals surface area contributed by atoms with Crippen LogP contribution in [0.1, 0.15) is 30.5 Å². The van der Waals surface area contributed by atoms with Gasteiger partial charge in [0.15, 0.2) is 0 Å². The molecule has 0 aromatic heterocycles. The summed E-state index contributed by atoms with van der Waals surface area (Å²) in [6.45, 7) is 7.94. The van der Waals surface area contributed by atoms with Crippen molar-refractivity contribution < 1.29 is 0 Å². The summed E-state index contributed by atoms with van der Waals surface area (Å²) in [5, 5.41) is 0. The summed E-state index contributed by atoms with van der Waals surface area (Å²) in [6.07, 6.45) is 0.843. The zero-order valence-corrected chi connectivity index (χ0v) is 11.5. The first-order chi connectivity index (χ1) is 6.50. The van der Waals surface area contributed by atoms with E-state index in [0.717, 1.165) is 22.0 Å². The number of halogens is 2. The monoisotopic (exact) mass is 289 g/mol. The van der Waals surface area contributed by atoms with Gasteiger partial charge in [0.2, 0.25) is 0 Å². The van der Waals surface area contributed by atoms with Crippen molar-refractivity contribution in [3.63, 3.8) is 0 Å². The maximum atomic E-state index is 6.03. The van der Waals surface area contributed by atoms with Crippen molar-refractivity contribution in [2.45, 2.75) is 26.3 Å². The molecule has 0 saturated carbocycles. The van der Waals surface area contributed by atoms with Crippen LogP contribution in [0, 0.1) is 6.92 Å². The summed E-state index contributed by atoms with van der Waals surface area (Å²) in [4.78, 5) is 0. The molecule has 0 unspecified atom stereocenters. The highest BCUT2D eigenvalue weighted by molar-refractivity contribution is 9.10. The van der Waals surface area contributed by atoms with Crippen molar-refractivity contribution in [2.75, 3.05) is 0 Å². The van der Waals surface area contributed by atoms with Crippen LogP contribution in [0.15, 0.2) is 34.8 Å². The largest absolute Gasteiger partial charge is 0.324 e. The predicted octanol–water partition coefficient (Wildman–Crippen LogP) is 4.15. The van der Waals surface area contributed by atoms with Gasteiger partial charge in [0.25, 0.3) is 0 Å². The smallest absolute Gasteiger partial charge is 0.0332 e. The van der Waals surface area contributed by atoms with Crippen LogP contribution in [0.3, 0.4) is 0 Å². The van der Waals surface area contributed by atoms with Crippen molar-refractivity contribution in [2.24, 2.45) is 5.73 Å². The lowest BCUT2D eigenvalue weighted by molar-refractivity contribution is 0.716. The Morgan fingerprint density at radius 1 is 1.53 bits per heavy atom. The Labute approximate surface area is 106 Å². The van der Waals surface area contributed by atoms with Crippen molar-refractivity contribution in [1.82, 2.24) is 0 Å². The van der Waals surface area contributed by atoms with Gasteiger partial charge in [0.1, 0.15) is 0 Å². The van der Waals surface area contributed by atoms with Gasteiger partial charge in [-0.1, -0.05) is 33.6 Å². The normalized spacial score (nSPS) is 11.7. The molecule has 0 spiro atoms. The second kappa shape index (κ2) is 6.31. The highest BCUT2D eigenvalue weighted by Crippen LogP contribution is 2.23. The minimum Gasteiger partial charge on any atom is -0.324 e. The summed E-state index contributed by atoms with van der Waals surface area (Å²) in [5.74, 6) is 0. The second-order valence-electron chi connectivity index (χ2n) is 3.78. The number of hydrogen-bond donors (Lipinski definition) is 1. The standard InChI is InChI=1S/C12H16BrN.ClH/c1-8(2)6-12(14)10-5-4-9(3)11(13)7-10;/h4-5,7,12H,1,6,14H2,2-3H3;1H/t12-;/m0./s1. The first-order valence-corrected chi connectivity index (χ1v) is 5.46. The highest BCUT2D eigenvalue weighted by Gasteiger charge is 2.07. The van der Waals surface area contributed by atoms with Gasteiger partial charge < -0.3 is 5.73 Å². The molecule has 0 bridgehead atoms. The van der Waals surface area contributed by atoms with Crippen LogP contribution in [0.5, 0.6) is 0 Å². The van der Waals surface area contributed by atoms with Gasteiger partial charge in [-0.15, -0.1) is 19.0 Å². The second-order valence-corrected chi connectivity index (χ2v) is 4.63. The molecule has 0 aliphatic carbocycles. The van der Waals surface area contributed by atoms with Crippen LogP contribution in [-0.2, 0) is 0 Å². The number of rotatable bonds is 3. The average molecular weight is 291 g/mol. The third-order valence-corrected chi connectivity index (χ3v) is 3.05. The van der Waals surface area contributed by atoms with Crippen LogP contribution in [0.2, 0.25) is 0 Å². The van der Waals surface area contributed by atoms with E-state index in [1.54, 1.807) is 0 Å². The molecule has 0 saturated heterocycles. The Morgan fingerprint density at radius 2 is 2.13 bits per heavy atom. The molecule has 3 heteroatoms. The summed E-state index contributed by atoms with van der Waals surface area (Å²) in [6, 6.07) is 6.30. The number of benzene rings is 1. The molecule has 1 aromatic carbocycles. The van der Waals surface area contributed by atoms with E-state index in [4.69, 9.17) is 5.73 Å². The lowest BCUT2D eigenvalue weighted by Gasteiger charge is -2.12. The van der Waals surface area contributed by atoms with Gasteiger partial charge in [-0.05, 0) is 37.5 Å². The van der Waals surface area contributed by atoms with Gasteiger partial charge >= 0.3 is 0 Å². The molecule has 1 rings (SSSR count). The van der Waals surface area contributed by atoms with E-state index in [9.17, 15) is 0 Å². The topological polar surface area (TPSA) is 26.0 Å². The molecule has 1 atom stereocenters. The molecule has 0 radical (unpaired) electrons. The minimum atomic E-state index is 0. The third-order valence-electron chi connectivity index (χ3n) is 2.19. The molecule has 0 heterocycles. The number of hydrogen-bond acceptors (Lipinski definition) is 1. The molecule has 0 amide bonds. The van der Waals surface area contributed by atoms with E-state index in [0.29, 0.717) is 0 Å². The molecule has 15 heavy (non-hydrogen) atoms. The summed E-state index contributed by atoms with van der Waals surface area (Å²) < 4.78 is 1.12. The molecular formula is C12H17BrClN.